The number of rotatable bonds is 5. The van der Waals surface area contributed by atoms with E-state index in [0.29, 0.717) is 0 Å². The lowest BCUT2D eigenvalue weighted by Gasteiger charge is -2.10. The Kier molecular flexibility index (Phi) is 5.08. The quantitative estimate of drug-likeness (QED) is 0.297. The van der Waals surface area contributed by atoms with Gasteiger partial charge in [-0.25, -0.2) is 22.0 Å². The van der Waals surface area contributed by atoms with E-state index in [-0.39, 0.29) is 19.4 Å². The van der Waals surface area contributed by atoms with Crippen LogP contribution in [0.25, 0.3) is 0 Å². The zero-order valence-corrected chi connectivity index (χ0v) is 9.83. The zero-order valence-electron chi connectivity index (χ0n) is 9.83. The van der Waals surface area contributed by atoms with Crippen molar-refractivity contribution in [2.24, 2.45) is 0 Å². The summed E-state index contributed by atoms with van der Waals surface area (Å²) in [6, 6.07) is 0. The van der Waals surface area contributed by atoms with Gasteiger partial charge >= 0.3 is 5.97 Å². The Morgan fingerprint density at radius 3 is 1.95 bits per heavy atom. The van der Waals surface area contributed by atoms with Gasteiger partial charge in [0.15, 0.2) is 23.3 Å². The topological polar surface area (TPSA) is 38.3 Å². The molecule has 1 aromatic rings. The van der Waals surface area contributed by atoms with E-state index in [2.05, 4.69) is 10.1 Å². The molecule has 8 heteroatoms. The van der Waals surface area contributed by atoms with E-state index in [1.165, 1.54) is 7.11 Å². The van der Waals surface area contributed by atoms with Crippen molar-refractivity contribution in [2.45, 2.75) is 12.8 Å². The van der Waals surface area contributed by atoms with Crippen LogP contribution >= 0.6 is 0 Å². The predicted molar refractivity (Wildman–Crippen MR) is 56.0 cm³/mol. The summed E-state index contributed by atoms with van der Waals surface area (Å²) in [5, 5.41) is 2.07. The molecule has 0 aliphatic heterocycles. The standard InChI is InChI=1S/C11H10F5NO2/c1-19-5(18)3-2-4-17-11-9(15)7(13)6(12)8(14)10(11)16/h17H,2-4H2,1H3. The number of hydrogen-bond acceptors (Lipinski definition) is 3. The van der Waals surface area contributed by atoms with Crippen LogP contribution in [0.4, 0.5) is 27.6 Å². The van der Waals surface area contributed by atoms with E-state index in [1.54, 1.807) is 0 Å². The minimum Gasteiger partial charge on any atom is -0.469 e. The molecule has 0 saturated heterocycles. The zero-order chi connectivity index (χ0) is 14.6. The van der Waals surface area contributed by atoms with E-state index >= 15 is 0 Å². The number of carbonyl (C=O) groups is 1. The van der Waals surface area contributed by atoms with Crippen molar-refractivity contribution < 1.29 is 31.5 Å². The van der Waals surface area contributed by atoms with E-state index in [9.17, 15) is 26.7 Å². The van der Waals surface area contributed by atoms with Crippen molar-refractivity contribution >= 4 is 11.7 Å². The van der Waals surface area contributed by atoms with Crippen molar-refractivity contribution in [3.63, 3.8) is 0 Å². The number of halogens is 5. The van der Waals surface area contributed by atoms with Crippen LogP contribution < -0.4 is 5.32 Å². The molecule has 0 aliphatic rings. The Balaban J connectivity index is 2.77. The molecular formula is C11H10F5NO2. The summed E-state index contributed by atoms with van der Waals surface area (Å²) in [5.41, 5.74) is -1.11. The van der Waals surface area contributed by atoms with Crippen molar-refractivity contribution in [2.75, 3.05) is 19.0 Å². The lowest BCUT2D eigenvalue weighted by Crippen LogP contribution is -2.12. The number of methoxy groups -OCH3 is 1. The number of esters is 1. The van der Waals surface area contributed by atoms with Crippen LogP contribution in [-0.4, -0.2) is 19.6 Å². The van der Waals surface area contributed by atoms with Gasteiger partial charge in [-0.05, 0) is 6.42 Å². The smallest absolute Gasteiger partial charge is 0.305 e. The summed E-state index contributed by atoms with van der Waals surface area (Å²) in [5.74, 6) is -10.7. The summed E-state index contributed by atoms with van der Waals surface area (Å²) in [4.78, 5) is 10.7. The highest BCUT2D eigenvalue weighted by Crippen LogP contribution is 2.26. The average Bonchev–Trinajstić information content (AvgIpc) is 2.41. The summed E-state index contributed by atoms with van der Waals surface area (Å²) in [6.07, 6.45) is 0.0745. The van der Waals surface area contributed by atoms with Crippen LogP contribution in [0.2, 0.25) is 0 Å². The van der Waals surface area contributed by atoms with E-state index < -0.39 is 40.7 Å². The Hall–Kier alpha value is -1.86. The minimum absolute atomic E-state index is 0.0428. The first-order valence-corrected chi connectivity index (χ1v) is 5.22. The number of benzene rings is 1. The van der Waals surface area contributed by atoms with Gasteiger partial charge in [0.1, 0.15) is 5.69 Å². The molecule has 0 spiro atoms. The third-order valence-corrected chi connectivity index (χ3v) is 2.30. The molecule has 0 aliphatic carbocycles. The molecule has 1 rings (SSSR count). The average molecular weight is 283 g/mol. The Labute approximate surface area is 105 Å². The highest BCUT2D eigenvalue weighted by atomic mass is 19.2. The summed E-state index contributed by atoms with van der Waals surface area (Å²) >= 11 is 0. The molecule has 0 aromatic heterocycles. The van der Waals surface area contributed by atoms with E-state index in [0.717, 1.165) is 0 Å². The van der Waals surface area contributed by atoms with E-state index in [4.69, 9.17) is 0 Å². The summed E-state index contributed by atoms with van der Waals surface area (Å²) in [7, 11) is 1.17. The second kappa shape index (κ2) is 6.35. The van der Waals surface area contributed by atoms with Crippen LogP contribution in [0.1, 0.15) is 12.8 Å². The fourth-order valence-corrected chi connectivity index (χ4v) is 1.31. The molecule has 0 atom stereocenters. The van der Waals surface area contributed by atoms with Crippen LogP contribution in [0.15, 0.2) is 0 Å². The third-order valence-electron chi connectivity index (χ3n) is 2.30. The van der Waals surface area contributed by atoms with Crippen molar-refractivity contribution in [1.29, 1.82) is 0 Å². The van der Waals surface area contributed by atoms with Gasteiger partial charge in [-0.3, -0.25) is 4.79 Å². The Morgan fingerprint density at radius 2 is 1.47 bits per heavy atom. The van der Waals surface area contributed by atoms with Gasteiger partial charge in [-0.15, -0.1) is 0 Å². The van der Waals surface area contributed by atoms with Gasteiger partial charge in [-0.2, -0.15) is 0 Å². The number of hydrogen-bond donors (Lipinski definition) is 1. The molecule has 0 unspecified atom stereocenters. The maximum absolute atomic E-state index is 13.2. The fraction of sp³-hybridized carbons (Fsp3) is 0.364. The van der Waals surface area contributed by atoms with Crippen LogP contribution in [0.3, 0.4) is 0 Å². The molecule has 106 valence electrons. The molecule has 0 bridgehead atoms. The number of anilines is 1. The van der Waals surface area contributed by atoms with Crippen molar-refractivity contribution in [1.82, 2.24) is 0 Å². The monoisotopic (exact) mass is 283 g/mol. The van der Waals surface area contributed by atoms with E-state index in [1.807, 2.05) is 0 Å². The largest absolute Gasteiger partial charge is 0.469 e. The fourth-order valence-electron chi connectivity index (χ4n) is 1.31. The third kappa shape index (κ3) is 3.33. The Bertz CT molecular complexity index is 463. The first kappa shape index (κ1) is 15.2. The van der Waals surface area contributed by atoms with Gasteiger partial charge in [0, 0.05) is 13.0 Å². The number of nitrogens with one attached hydrogen (secondary N) is 1. The SMILES string of the molecule is COC(=O)CCCNc1c(F)c(F)c(F)c(F)c1F. The second-order valence-corrected chi connectivity index (χ2v) is 3.55. The molecule has 0 amide bonds. The van der Waals surface area contributed by atoms with Gasteiger partial charge in [-0.1, -0.05) is 0 Å². The first-order valence-electron chi connectivity index (χ1n) is 5.22. The number of ether oxygens (including phenoxy) is 1. The normalized spacial score (nSPS) is 10.4. The van der Waals surface area contributed by atoms with Crippen LogP contribution in [-0.2, 0) is 9.53 Å². The highest BCUT2D eigenvalue weighted by molar-refractivity contribution is 5.69. The molecule has 19 heavy (non-hydrogen) atoms. The van der Waals surface area contributed by atoms with Crippen molar-refractivity contribution in [3.05, 3.63) is 29.1 Å². The lowest BCUT2D eigenvalue weighted by molar-refractivity contribution is -0.140. The number of carbonyl (C=O) groups excluding carboxylic acids is 1. The summed E-state index contributed by atoms with van der Waals surface area (Å²) in [6.45, 7) is -0.145. The lowest BCUT2D eigenvalue weighted by atomic mass is 10.2. The minimum atomic E-state index is -2.21. The van der Waals surface area contributed by atoms with Crippen molar-refractivity contribution in [3.8, 4) is 0 Å². The molecule has 3 nitrogen and oxygen atoms in total. The maximum atomic E-state index is 13.2. The van der Waals surface area contributed by atoms with Gasteiger partial charge in [0.05, 0.1) is 7.11 Å². The molecule has 0 heterocycles. The van der Waals surface area contributed by atoms with Crippen LogP contribution in [0.5, 0.6) is 0 Å². The van der Waals surface area contributed by atoms with Gasteiger partial charge in [0.25, 0.3) is 0 Å². The second-order valence-electron chi connectivity index (χ2n) is 3.55. The maximum Gasteiger partial charge on any atom is 0.305 e. The molecule has 1 N–H and O–H groups in total. The molecule has 1 aromatic carbocycles. The Morgan fingerprint density at radius 1 is 1.00 bits per heavy atom. The van der Waals surface area contributed by atoms with Gasteiger partial charge < -0.3 is 10.1 Å². The molecule has 0 radical (unpaired) electrons. The highest BCUT2D eigenvalue weighted by Gasteiger charge is 2.25. The van der Waals surface area contributed by atoms with Gasteiger partial charge in [0.2, 0.25) is 5.82 Å². The predicted octanol–water partition coefficient (Wildman–Crippen LogP) is 2.75. The molecule has 0 saturated carbocycles. The molecule has 0 fully saturated rings. The van der Waals surface area contributed by atoms with Crippen LogP contribution in [0, 0.1) is 29.1 Å². The summed E-state index contributed by atoms with van der Waals surface area (Å²) < 4.78 is 69.0. The molecular weight excluding hydrogens is 273 g/mol. The first-order chi connectivity index (χ1) is 8.90.